The van der Waals surface area contributed by atoms with Gasteiger partial charge < -0.3 is 0 Å². The molecule has 0 radical (unpaired) electrons. The molecule has 0 aliphatic rings. The molecule has 0 aliphatic heterocycles. The molecule has 0 aliphatic carbocycles. The Morgan fingerprint density at radius 1 is 1.29 bits per heavy atom. The van der Waals surface area contributed by atoms with Crippen molar-refractivity contribution in [2.24, 2.45) is 7.05 Å². The zero-order valence-corrected chi connectivity index (χ0v) is 14.1. The van der Waals surface area contributed by atoms with Crippen LogP contribution in [0.25, 0.3) is 0 Å². The van der Waals surface area contributed by atoms with Gasteiger partial charge in [0, 0.05) is 29.2 Å². The first-order valence-electron chi connectivity index (χ1n) is 5.71. The summed E-state index contributed by atoms with van der Waals surface area (Å²) in [7, 11) is -0.607. The van der Waals surface area contributed by atoms with Crippen LogP contribution in [-0.2, 0) is 32.5 Å². The molecule has 1 N–H and O–H groups in total. The molecule has 0 saturated carbocycles. The van der Waals surface area contributed by atoms with Crippen molar-refractivity contribution in [3.8, 4) is 0 Å². The fourth-order valence-corrected chi connectivity index (χ4v) is 4.91. The highest BCUT2D eigenvalue weighted by molar-refractivity contribution is 8.15. The molecule has 0 bridgehead atoms. The predicted octanol–water partition coefficient (Wildman–Crippen LogP) is 0.930. The van der Waals surface area contributed by atoms with E-state index < -0.39 is 19.1 Å². The van der Waals surface area contributed by atoms with Crippen LogP contribution in [0.3, 0.4) is 0 Å². The molecule has 0 saturated heterocycles. The van der Waals surface area contributed by atoms with Crippen LogP contribution >= 0.6 is 22.0 Å². The fourth-order valence-electron chi connectivity index (χ4n) is 1.63. The van der Waals surface area contributed by atoms with Crippen molar-refractivity contribution in [3.05, 3.63) is 29.3 Å². The normalized spacial score (nSPS) is 12.7. The molecule has 2 heterocycles. The van der Waals surface area contributed by atoms with Crippen LogP contribution in [0.4, 0.5) is 0 Å². The monoisotopic (exact) mass is 369 g/mol. The van der Waals surface area contributed by atoms with Gasteiger partial charge in [0.2, 0.25) is 0 Å². The summed E-state index contributed by atoms with van der Waals surface area (Å²) in [6.07, 6.45) is 1.76. The molecule has 21 heavy (non-hydrogen) atoms. The van der Waals surface area contributed by atoms with Gasteiger partial charge in [0.05, 0.1) is 6.20 Å². The number of thiophene rings is 1. The minimum Gasteiger partial charge on any atom is -0.256 e. The molecule has 2 aromatic heterocycles. The first-order chi connectivity index (χ1) is 9.70. The van der Waals surface area contributed by atoms with E-state index in [9.17, 15) is 16.8 Å². The molecule has 2 aromatic rings. The Morgan fingerprint density at radius 3 is 2.52 bits per heavy atom. The number of aryl methyl sites for hydroxylation is 1. The summed E-state index contributed by atoms with van der Waals surface area (Å²) < 4.78 is 50.0. The highest BCUT2D eigenvalue weighted by Crippen LogP contribution is 2.24. The van der Waals surface area contributed by atoms with Gasteiger partial charge in [-0.25, -0.2) is 21.6 Å². The third kappa shape index (κ3) is 4.04. The standard InChI is InChI=1S/C10H12ClN3O4S3/c1-14-9(5-6-12-14)21(17,18)13-7-4-8-2-3-10(19-8)20(11,15)16/h2-3,5-6,13H,4,7H2,1H3. The Labute approximate surface area is 131 Å². The number of rotatable bonds is 6. The molecule has 0 unspecified atom stereocenters. The molecular formula is C10H12ClN3O4S3. The lowest BCUT2D eigenvalue weighted by Gasteiger charge is -2.05. The average molecular weight is 370 g/mol. The average Bonchev–Trinajstić information content (AvgIpc) is 2.97. The summed E-state index contributed by atoms with van der Waals surface area (Å²) in [5.74, 6) is 0. The van der Waals surface area contributed by atoms with Gasteiger partial charge in [-0.2, -0.15) is 5.10 Å². The number of hydrogen-bond donors (Lipinski definition) is 1. The van der Waals surface area contributed by atoms with Crippen LogP contribution in [0.5, 0.6) is 0 Å². The summed E-state index contributed by atoms with van der Waals surface area (Å²) >= 11 is 1.02. The van der Waals surface area contributed by atoms with E-state index >= 15 is 0 Å². The summed E-state index contributed by atoms with van der Waals surface area (Å²) in [5.41, 5.74) is 0. The van der Waals surface area contributed by atoms with Gasteiger partial charge in [0.1, 0.15) is 4.21 Å². The second-order valence-electron chi connectivity index (χ2n) is 4.10. The van der Waals surface area contributed by atoms with E-state index in [1.165, 1.54) is 30.1 Å². The van der Waals surface area contributed by atoms with E-state index in [1.807, 2.05) is 0 Å². The second kappa shape index (κ2) is 6.05. The maximum atomic E-state index is 12.0. The van der Waals surface area contributed by atoms with E-state index in [0.29, 0.717) is 6.42 Å². The highest BCUT2D eigenvalue weighted by atomic mass is 35.7. The molecule has 0 aromatic carbocycles. The smallest absolute Gasteiger partial charge is 0.256 e. The lowest BCUT2D eigenvalue weighted by molar-refractivity contribution is 0.563. The van der Waals surface area contributed by atoms with Gasteiger partial charge in [-0.3, -0.25) is 4.68 Å². The van der Waals surface area contributed by atoms with Gasteiger partial charge in [-0.05, 0) is 24.6 Å². The zero-order valence-electron chi connectivity index (χ0n) is 10.9. The Bertz CT molecular complexity index is 839. The van der Waals surface area contributed by atoms with E-state index in [2.05, 4.69) is 9.82 Å². The van der Waals surface area contributed by atoms with Crippen LogP contribution in [-0.4, -0.2) is 33.2 Å². The maximum absolute atomic E-state index is 12.0. The van der Waals surface area contributed by atoms with Crippen LogP contribution in [0.1, 0.15) is 4.88 Å². The first kappa shape index (κ1) is 16.4. The van der Waals surface area contributed by atoms with Crippen molar-refractivity contribution in [3.63, 3.8) is 0 Å². The molecule has 0 spiro atoms. The number of hydrogen-bond acceptors (Lipinski definition) is 6. The number of nitrogens with zero attached hydrogens (tertiary/aromatic N) is 2. The number of nitrogens with one attached hydrogen (secondary N) is 1. The largest absolute Gasteiger partial charge is 0.270 e. The highest BCUT2D eigenvalue weighted by Gasteiger charge is 2.18. The van der Waals surface area contributed by atoms with Crippen LogP contribution < -0.4 is 4.72 Å². The predicted molar refractivity (Wildman–Crippen MR) is 79.5 cm³/mol. The quantitative estimate of drug-likeness (QED) is 0.764. The lowest BCUT2D eigenvalue weighted by atomic mass is 10.3. The van der Waals surface area contributed by atoms with Gasteiger partial charge in [0.15, 0.2) is 5.03 Å². The lowest BCUT2D eigenvalue weighted by Crippen LogP contribution is -2.27. The third-order valence-corrected chi connectivity index (χ3v) is 7.36. The van der Waals surface area contributed by atoms with E-state index in [4.69, 9.17) is 10.7 Å². The zero-order chi connectivity index (χ0) is 15.7. The van der Waals surface area contributed by atoms with E-state index in [-0.39, 0.29) is 15.8 Å². The number of aromatic nitrogens is 2. The summed E-state index contributed by atoms with van der Waals surface area (Å²) in [6, 6.07) is 4.40. The van der Waals surface area contributed by atoms with Crippen molar-refractivity contribution in [1.29, 1.82) is 0 Å². The topological polar surface area (TPSA) is 98.1 Å². The minimum atomic E-state index is -3.74. The summed E-state index contributed by atoms with van der Waals surface area (Å²) in [4.78, 5) is 0.724. The number of sulfonamides is 1. The minimum absolute atomic E-state index is 0.0497. The molecule has 2 rings (SSSR count). The molecule has 0 fully saturated rings. The maximum Gasteiger partial charge on any atom is 0.270 e. The van der Waals surface area contributed by atoms with Crippen molar-refractivity contribution in [2.75, 3.05) is 6.54 Å². The van der Waals surface area contributed by atoms with E-state index in [1.54, 1.807) is 6.07 Å². The fraction of sp³-hybridized carbons (Fsp3) is 0.300. The second-order valence-corrected chi connectivity index (χ2v) is 9.77. The van der Waals surface area contributed by atoms with E-state index in [0.717, 1.165) is 16.2 Å². The molecule has 0 atom stereocenters. The van der Waals surface area contributed by atoms with Gasteiger partial charge in [-0.15, -0.1) is 11.3 Å². The first-order valence-corrected chi connectivity index (χ1v) is 10.3. The van der Waals surface area contributed by atoms with Gasteiger partial charge >= 0.3 is 0 Å². The van der Waals surface area contributed by atoms with Crippen molar-refractivity contribution < 1.29 is 16.8 Å². The molecule has 0 amide bonds. The summed E-state index contributed by atoms with van der Waals surface area (Å²) in [5, 5.41) is 3.87. The molecule has 7 nitrogen and oxygen atoms in total. The Hall–Kier alpha value is -0.940. The Morgan fingerprint density at radius 2 is 2.00 bits per heavy atom. The molecule has 11 heteroatoms. The third-order valence-electron chi connectivity index (χ3n) is 2.59. The van der Waals surface area contributed by atoms with Crippen molar-refractivity contribution >= 4 is 41.1 Å². The summed E-state index contributed by atoms with van der Waals surface area (Å²) in [6.45, 7) is 0.149. The number of halogens is 1. The van der Waals surface area contributed by atoms with Gasteiger partial charge in [-0.1, -0.05) is 0 Å². The Kier molecular flexibility index (Phi) is 4.73. The van der Waals surface area contributed by atoms with Crippen LogP contribution in [0, 0.1) is 0 Å². The SMILES string of the molecule is Cn1nccc1S(=O)(=O)NCCc1ccc(S(=O)(=O)Cl)s1. The van der Waals surface area contributed by atoms with Crippen molar-refractivity contribution in [2.45, 2.75) is 15.7 Å². The van der Waals surface area contributed by atoms with Crippen LogP contribution in [0.15, 0.2) is 33.6 Å². The molecule has 116 valence electrons. The van der Waals surface area contributed by atoms with Gasteiger partial charge in [0.25, 0.3) is 19.1 Å². The van der Waals surface area contributed by atoms with Crippen molar-refractivity contribution in [1.82, 2.24) is 14.5 Å². The molecular weight excluding hydrogens is 358 g/mol. The van der Waals surface area contributed by atoms with Crippen LogP contribution in [0.2, 0.25) is 0 Å². The Balaban J connectivity index is 1.99.